The smallest absolute Gasteiger partial charge is 0.217 e. The van der Waals surface area contributed by atoms with Gasteiger partial charge in [0.15, 0.2) is 11.6 Å². The third kappa shape index (κ3) is 2.19. The summed E-state index contributed by atoms with van der Waals surface area (Å²) in [5, 5.41) is 9.33. The predicted molar refractivity (Wildman–Crippen MR) is 52.9 cm³/mol. The summed E-state index contributed by atoms with van der Waals surface area (Å²) in [6.45, 7) is 0. The van der Waals surface area contributed by atoms with E-state index in [2.05, 4.69) is 40.0 Å². The lowest BCUT2D eigenvalue weighted by molar-refractivity contribution is 1.10. The van der Waals surface area contributed by atoms with Crippen LogP contribution in [0.3, 0.4) is 0 Å². The normalized spacial score (nSPS) is 8.25. The molecule has 0 amide bonds. The molecule has 0 bridgehead atoms. The van der Waals surface area contributed by atoms with Crippen molar-refractivity contribution in [3.63, 3.8) is 0 Å². The summed E-state index contributed by atoms with van der Waals surface area (Å²) in [4.78, 5) is 14.4. The lowest BCUT2D eigenvalue weighted by atomic mass is 10.4. The molecule has 0 saturated carbocycles. The van der Waals surface area contributed by atoms with Gasteiger partial charge in [0.05, 0.1) is 5.69 Å². The maximum absolute atomic E-state index is 8.22. The molecule has 1 rings (SSSR count). The van der Waals surface area contributed by atoms with Crippen molar-refractivity contribution in [3.05, 3.63) is 31.3 Å². The van der Waals surface area contributed by atoms with Crippen LogP contribution in [0.5, 0.6) is 0 Å². The fraction of sp³-hybridized carbons (Fsp3) is 0. The van der Waals surface area contributed by atoms with Crippen LogP contribution in [0.1, 0.15) is 0 Å². The van der Waals surface area contributed by atoms with Gasteiger partial charge in [-0.1, -0.05) is 0 Å². The number of nitrogens with two attached hydrogens (primary N) is 1. The van der Waals surface area contributed by atoms with Crippen LogP contribution in [0.2, 0.25) is 0 Å². The van der Waals surface area contributed by atoms with E-state index < -0.39 is 0 Å². The number of azide groups is 3. The number of anilines is 1. The summed E-state index contributed by atoms with van der Waals surface area (Å²) in [7, 11) is 0. The summed E-state index contributed by atoms with van der Waals surface area (Å²) >= 11 is 0. The van der Waals surface area contributed by atoms with Crippen LogP contribution in [-0.2, 0) is 0 Å². The van der Waals surface area contributed by atoms with Gasteiger partial charge >= 0.3 is 0 Å². The number of rotatable bonds is 3. The van der Waals surface area contributed by atoms with Crippen molar-refractivity contribution < 1.29 is 0 Å². The van der Waals surface area contributed by atoms with Gasteiger partial charge < -0.3 is 5.73 Å². The van der Waals surface area contributed by atoms with Crippen molar-refractivity contribution in [2.75, 3.05) is 5.73 Å². The summed E-state index contributed by atoms with van der Waals surface area (Å²) in [6.07, 6.45) is 0. The van der Waals surface area contributed by atoms with Gasteiger partial charge in [0, 0.05) is 14.7 Å². The highest BCUT2D eigenvalue weighted by Gasteiger charge is 2.08. The topological polar surface area (TPSA) is 198 Å². The number of aromatic nitrogens is 2. The zero-order valence-corrected chi connectivity index (χ0v) is 7.50. The number of hydrogen-bond donors (Lipinski definition) is 1. The fourth-order valence-corrected chi connectivity index (χ4v) is 0.757. The molecule has 78 valence electrons. The molecule has 0 atom stereocenters. The second kappa shape index (κ2) is 4.88. The molecule has 0 aliphatic rings. The molecule has 0 aliphatic carbocycles. The van der Waals surface area contributed by atoms with Crippen LogP contribution in [-0.4, -0.2) is 9.97 Å². The molecule has 0 saturated heterocycles. The molecule has 16 heavy (non-hydrogen) atoms. The minimum absolute atomic E-state index is 0.201. The summed E-state index contributed by atoms with van der Waals surface area (Å²) in [6, 6.07) is 0. The highest BCUT2D eigenvalue weighted by molar-refractivity contribution is 5.71. The molecule has 0 unspecified atom stereocenters. The Bertz CT molecular complexity index is 513. The molecular weight excluding hydrogens is 216 g/mol. The first-order valence-corrected chi connectivity index (χ1v) is 3.55. The molecule has 0 aromatic carbocycles. The Kier molecular flexibility index (Phi) is 3.32. The zero-order chi connectivity index (χ0) is 12.0. The van der Waals surface area contributed by atoms with Gasteiger partial charge in [0.2, 0.25) is 5.95 Å². The average Bonchev–Trinajstić information content (AvgIpc) is 2.26. The van der Waals surface area contributed by atoms with Crippen molar-refractivity contribution in [1.82, 2.24) is 9.97 Å². The second-order valence-electron chi connectivity index (χ2n) is 2.15. The summed E-state index contributed by atoms with van der Waals surface area (Å²) in [5.74, 6) is -0.911. The molecule has 12 nitrogen and oxygen atoms in total. The Morgan fingerprint density at radius 3 is 1.69 bits per heavy atom. The SMILES string of the molecule is [N-]=[N+]=Nc1nc(N=[N+]=[N-])c(N)c(N=[N+]=[N-])n1. The molecule has 1 aromatic heterocycles. The third-order valence-corrected chi connectivity index (χ3v) is 1.31. The molecule has 1 heterocycles. The highest BCUT2D eigenvalue weighted by Crippen LogP contribution is 2.30. The standard InChI is InChI=1S/C4H2N12/c5-1-2(11-14-6)9-4(13-16-8)10-3(1)12-15-7/h5H2. The van der Waals surface area contributed by atoms with E-state index in [-0.39, 0.29) is 23.3 Å². The van der Waals surface area contributed by atoms with Crippen molar-refractivity contribution in [2.45, 2.75) is 0 Å². The highest BCUT2D eigenvalue weighted by atomic mass is 15.3. The van der Waals surface area contributed by atoms with E-state index in [0.29, 0.717) is 0 Å². The van der Waals surface area contributed by atoms with E-state index in [1.807, 2.05) is 0 Å². The number of nitrogens with zero attached hydrogens (tertiary/aromatic N) is 11. The van der Waals surface area contributed by atoms with Gasteiger partial charge in [0.1, 0.15) is 0 Å². The molecule has 0 radical (unpaired) electrons. The van der Waals surface area contributed by atoms with Crippen LogP contribution in [0.25, 0.3) is 31.3 Å². The van der Waals surface area contributed by atoms with E-state index in [4.69, 9.17) is 22.3 Å². The van der Waals surface area contributed by atoms with Crippen molar-refractivity contribution in [3.8, 4) is 0 Å². The van der Waals surface area contributed by atoms with E-state index >= 15 is 0 Å². The van der Waals surface area contributed by atoms with Crippen LogP contribution >= 0.6 is 0 Å². The van der Waals surface area contributed by atoms with Gasteiger partial charge in [-0.15, -0.1) is 0 Å². The van der Waals surface area contributed by atoms with Gasteiger partial charge in [-0.3, -0.25) is 0 Å². The Labute approximate surface area is 86.6 Å². The Hall–Kier alpha value is -3.19. The monoisotopic (exact) mass is 218 g/mol. The maximum atomic E-state index is 8.22. The third-order valence-electron chi connectivity index (χ3n) is 1.31. The molecule has 2 N–H and O–H groups in total. The molecule has 0 aliphatic heterocycles. The first-order valence-electron chi connectivity index (χ1n) is 3.55. The summed E-state index contributed by atoms with van der Waals surface area (Å²) in [5.41, 5.74) is 29.8. The molecule has 0 spiro atoms. The molecular formula is C4H2N12. The van der Waals surface area contributed by atoms with E-state index in [9.17, 15) is 0 Å². The van der Waals surface area contributed by atoms with E-state index in [1.54, 1.807) is 0 Å². The van der Waals surface area contributed by atoms with Crippen LogP contribution in [0.15, 0.2) is 15.3 Å². The van der Waals surface area contributed by atoms with Crippen molar-refractivity contribution in [2.24, 2.45) is 15.3 Å². The first-order chi connectivity index (χ1) is 7.72. The zero-order valence-electron chi connectivity index (χ0n) is 7.50. The van der Waals surface area contributed by atoms with E-state index in [0.717, 1.165) is 0 Å². The number of nitrogen functional groups attached to an aromatic ring is 1. The summed E-state index contributed by atoms with van der Waals surface area (Å²) < 4.78 is 0. The Balaban J connectivity index is 3.55. The lowest BCUT2D eigenvalue weighted by Crippen LogP contribution is -1.91. The Morgan fingerprint density at radius 2 is 1.31 bits per heavy atom. The average molecular weight is 218 g/mol. The largest absolute Gasteiger partial charge is 0.395 e. The maximum Gasteiger partial charge on any atom is 0.217 e. The molecule has 1 aromatic rings. The van der Waals surface area contributed by atoms with Crippen LogP contribution < -0.4 is 5.73 Å². The minimum Gasteiger partial charge on any atom is -0.395 e. The molecule has 12 heteroatoms. The van der Waals surface area contributed by atoms with Crippen LogP contribution in [0.4, 0.5) is 23.3 Å². The van der Waals surface area contributed by atoms with Gasteiger partial charge in [-0.2, -0.15) is 0 Å². The van der Waals surface area contributed by atoms with Crippen molar-refractivity contribution in [1.29, 1.82) is 0 Å². The minimum atomic E-state index is -0.360. The van der Waals surface area contributed by atoms with Gasteiger partial charge in [-0.25, -0.2) is 9.97 Å². The van der Waals surface area contributed by atoms with Gasteiger partial charge in [-0.05, 0) is 31.9 Å². The van der Waals surface area contributed by atoms with Crippen molar-refractivity contribution >= 4 is 23.3 Å². The quantitative estimate of drug-likeness (QED) is 0.462. The van der Waals surface area contributed by atoms with Gasteiger partial charge in [0.25, 0.3) is 0 Å². The molecule has 0 fully saturated rings. The lowest BCUT2D eigenvalue weighted by Gasteiger charge is -2.01. The van der Waals surface area contributed by atoms with E-state index in [1.165, 1.54) is 0 Å². The predicted octanol–water partition coefficient (Wildman–Crippen LogP) is 2.88. The fourth-order valence-electron chi connectivity index (χ4n) is 0.757. The first kappa shape index (κ1) is 10.9. The van der Waals surface area contributed by atoms with Crippen LogP contribution in [0, 0.1) is 0 Å². The Morgan fingerprint density at radius 1 is 0.875 bits per heavy atom. The number of hydrogen-bond acceptors (Lipinski definition) is 6. The second-order valence-corrected chi connectivity index (χ2v) is 2.15.